The Labute approximate surface area is 219 Å². The molecule has 2 aromatic carbocycles. The molecular formula is C30H40N4O3. The van der Waals surface area contributed by atoms with Crippen LogP contribution in [0.3, 0.4) is 0 Å². The van der Waals surface area contributed by atoms with Gasteiger partial charge in [0.15, 0.2) is 0 Å². The van der Waals surface area contributed by atoms with Crippen LogP contribution in [0.2, 0.25) is 0 Å². The van der Waals surface area contributed by atoms with Crippen molar-refractivity contribution >= 4 is 10.9 Å². The van der Waals surface area contributed by atoms with E-state index in [-0.39, 0.29) is 5.56 Å². The highest BCUT2D eigenvalue weighted by Gasteiger charge is 2.24. The molecule has 1 fully saturated rings. The van der Waals surface area contributed by atoms with Gasteiger partial charge in [0, 0.05) is 56.8 Å². The molecule has 0 amide bonds. The summed E-state index contributed by atoms with van der Waals surface area (Å²) >= 11 is 0. The van der Waals surface area contributed by atoms with E-state index < -0.39 is 6.10 Å². The summed E-state index contributed by atoms with van der Waals surface area (Å²) in [7, 11) is 0. The number of aromatic amines is 1. The Kier molecular flexibility index (Phi) is 8.25. The van der Waals surface area contributed by atoms with Gasteiger partial charge in [-0.2, -0.15) is 0 Å². The average Bonchev–Trinajstić information content (AvgIpc) is 3.33. The maximum Gasteiger partial charge on any atom is 0.248 e. The van der Waals surface area contributed by atoms with E-state index >= 15 is 0 Å². The Morgan fingerprint density at radius 2 is 1.76 bits per heavy atom. The molecule has 1 aromatic heterocycles. The molecule has 1 aliphatic carbocycles. The number of nitrogens with zero attached hydrogens (tertiary/aromatic N) is 1. The average molecular weight is 505 g/mol. The summed E-state index contributed by atoms with van der Waals surface area (Å²) in [4.78, 5) is 17.4. The molecule has 0 radical (unpaired) electrons. The molecule has 198 valence electrons. The van der Waals surface area contributed by atoms with Crippen LogP contribution in [0.15, 0.2) is 41.2 Å². The number of aromatic nitrogens is 1. The van der Waals surface area contributed by atoms with Gasteiger partial charge in [-0.3, -0.25) is 9.69 Å². The van der Waals surface area contributed by atoms with E-state index in [9.17, 15) is 9.90 Å². The summed E-state index contributed by atoms with van der Waals surface area (Å²) in [5.41, 5.74) is 7.06. The molecule has 1 atom stereocenters. The number of aliphatic hydroxyl groups excluding tert-OH is 1. The number of fused-ring (bicyclic) bond motifs is 2. The second-order valence-corrected chi connectivity index (χ2v) is 10.3. The van der Waals surface area contributed by atoms with Gasteiger partial charge < -0.3 is 25.5 Å². The highest BCUT2D eigenvalue weighted by Crippen LogP contribution is 2.31. The van der Waals surface area contributed by atoms with E-state index in [1.54, 1.807) is 6.07 Å². The molecule has 2 aliphatic rings. The van der Waals surface area contributed by atoms with Crippen LogP contribution in [-0.2, 0) is 25.7 Å². The van der Waals surface area contributed by atoms with Crippen molar-refractivity contribution in [2.75, 3.05) is 45.9 Å². The summed E-state index contributed by atoms with van der Waals surface area (Å²) in [5.74, 6) is 0.649. The summed E-state index contributed by atoms with van der Waals surface area (Å²) in [6.45, 7) is 10.3. The summed E-state index contributed by atoms with van der Waals surface area (Å²) in [6, 6.07) is 12.2. The molecule has 0 spiro atoms. The Morgan fingerprint density at radius 3 is 2.43 bits per heavy atom. The van der Waals surface area contributed by atoms with Crippen molar-refractivity contribution in [1.82, 2.24) is 20.5 Å². The van der Waals surface area contributed by atoms with E-state index in [1.165, 1.54) is 28.3 Å². The van der Waals surface area contributed by atoms with Crippen molar-refractivity contribution in [2.24, 2.45) is 0 Å². The molecule has 7 nitrogen and oxygen atoms in total. The van der Waals surface area contributed by atoms with Crippen molar-refractivity contribution in [3.63, 3.8) is 0 Å². The largest absolute Gasteiger partial charge is 0.490 e. The molecule has 4 N–H and O–H groups in total. The Balaban J connectivity index is 1.25. The number of nitrogens with one attached hydrogen (secondary N) is 3. The van der Waals surface area contributed by atoms with Gasteiger partial charge in [0.1, 0.15) is 12.4 Å². The van der Waals surface area contributed by atoms with Crippen LogP contribution in [0.1, 0.15) is 47.8 Å². The number of hydrogen-bond acceptors (Lipinski definition) is 6. The monoisotopic (exact) mass is 504 g/mol. The van der Waals surface area contributed by atoms with Gasteiger partial charge in [-0.25, -0.2) is 0 Å². The van der Waals surface area contributed by atoms with Gasteiger partial charge in [0.2, 0.25) is 5.56 Å². The normalized spacial score (nSPS) is 17.3. The number of piperazine rings is 1. The van der Waals surface area contributed by atoms with E-state index in [0.29, 0.717) is 30.5 Å². The predicted molar refractivity (Wildman–Crippen MR) is 149 cm³/mol. The lowest BCUT2D eigenvalue weighted by Gasteiger charge is -2.27. The fraction of sp³-hybridized carbons (Fsp3) is 0.500. The topological polar surface area (TPSA) is 89.6 Å². The van der Waals surface area contributed by atoms with Crippen molar-refractivity contribution in [3.05, 3.63) is 74.6 Å². The van der Waals surface area contributed by atoms with Crippen LogP contribution in [-0.4, -0.2) is 66.9 Å². The first-order valence-electron chi connectivity index (χ1n) is 13.8. The predicted octanol–water partition coefficient (Wildman–Crippen LogP) is 2.73. The van der Waals surface area contributed by atoms with Gasteiger partial charge in [-0.1, -0.05) is 32.0 Å². The lowest BCUT2D eigenvalue weighted by Crippen LogP contribution is -2.44. The number of aliphatic hydroxyl groups is 1. The lowest BCUT2D eigenvalue weighted by atomic mass is 9.97. The third-order valence-corrected chi connectivity index (χ3v) is 7.94. The second-order valence-electron chi connectivity index (χ2n) is 10.3. The molecule has 37 heavy (non-hydrogen) atoms. The first-order valence-corrected chi connectivity index (χ1v) is 13.8. The zero-order valence-corrected chi connectivity index (χ0v) is 22.1. The highest BCUT2D eigenvalue weighted by molar-refractivity contribution is 5.87. The van der Waals surface area contributed by atoms with Gasteiger partial charge in [0.25, 0.3) is 0 Å². The molecule has 3 aromatic rings. The molecule has 0 bridgehead atoms. The van der Waals surface area contributed by atoms with Crippen LogP contribution in [0.25, 0.3) is 10.9 Å². The molecule has 1 unspecified atom stereocenters. The van der Waals surface area contributed by atoms with Crippen molar-refractivity contribution in [3.8, 4) is 5.75 Å². The first-order chi connectivity index (χ1) is 18.1. The molecular weight excluding hydrogens is 464 g/mol. The van der Waals surface area contributed by atoms with Crippen LogP contribution >= 0.6 is 0 Å². The Hall–Kier alpha value is -2.71. The smallest absolute Gasteiger partial charge is 0.248 e. The van der Waals surface area contributed by atoms with Gasteiger partial charge in [-0.15, -0.1) is 0 Å². The minimum atomic E-state index is -0.690. The van der Waals surface area contributed by atoms with E-state index in [4.69, 9.17) is 4.74 Å². The van der Waals surface area contributed by atoms with Crippen molar-refractivity contribution < 1.29 is 9.84 Å². The zero-order valence-electron chi connectivity index (χ0n) is 22.1. The first kappa shape index (κ1) is 25.9. The third-order valence-electron chi connectivity index (χ3n) is 7.94. The maximum absolute atomic E-state index is 12.1. The number of hydrogen-bond donors (Lipinski definition) is 4. The van der Waals surface area contributed by atoms with E-state index in [2.05, 4.69) is 46.5 Å². The number of pyridine rings is 1. The number of rotatable bonds is 10. The van der Waals surface area contributed by atoms with Crippen molar-refractivity contribution in [2.45, 2.75) is 51.7 Å². The van der Waals surface area contributed by atoms with Crippen molar-refractivity contribution in [1.29, 1.82) is 0 Å². The van der Waals surface area contributed by atoms with Gasteiger partial charge in [0.05, 0.1) is 11.6 Å². The minimum absolute atomic E-state index is 0.175. The number of benzene rings is 2. The Morgan fingerprint density at radius 1 is 1.05 bits per heavy atom. The van der Waals surface area contributed by atoms with Crippen LogP contribution in [0.5, 0.6) is 5.75 Å². The van der Waals surface area contributed by atoms with Crippen LogP contribution < -0.4 is 20.9 Å². The van der Waals surface area contributed by atoms with Crippen LogP contribution in [0.4, 0.5) is 0 Å². The molecule has 5 rings (SSSR count). The number of ether oxygens (including phenoxy) is 1. The number of H-pyrrole nitrogens is 1. The molecule has 7 heteroatoms. The molecule has 1 aliphatic heterocycles. The maximum atomic E-state index is 12.1. The summed E-state index contributed by atoms with van der Waals surface area (Å²) in [6.07, 6.45) is 3.43. The van der Waals surface area contributed by atoms with Gasteiger partial charge >= 0.3 is 0 Å². The standard InChI is InChI=1S/C30H40N4O3/c1-3-20-15-22-17-24(18-23(22)16-21(20)4-2)32-19-27(35)25-5-7-28(30-26(25)6-8-29(36)33-30)37-14-13-34-11-9-31-10-12-34/h5-8,15-16,24,27,31-32,35H,3-4,9-14,17-19H2,1-2H3,(H,33,36). The molecule has 2 heterocycles. The molecule has 0 saturated carbocycles. The Bertz CT molecular complexity index is 1250. The molecule has 1 saturated heterocycles. The van der Waals surface area contributed by atoms with E-state index in [0.717, 1.165) is 69.4 Å². The SMILES string of the molecule is CCc1cc2c(cc1CC)CC(NCC(O)c1ccc(OCCN3CCNCC3)c3[nH]c(=O)ccc13)C2. The fourth-order valence-corrected chi connectivity index (χ4v) is 5.84. The van der Waals surface area contributed by atoms with Crippen LogP contribution in [0, 0.1) is 0 Å². The van der Waals surface area contributed by atoms with E-state index in [1.807, 2.05) is 12.1 Å². The highest BCUT2D eigenvalue weighted by atomic mass is 16.5. The third kappa shape index (κ3) is 5.91. The van der Waals surface area contributed by atoms with Gasteiger partial charge in [-0.05, 0) is 65.6 Å². The summed E-state index contributed by atoms with van der Waals surface area (Å²) in [5, 5.41) is 18.9. The minimum Gasteiger partial charge on any atom is -0.490 e. The number of aryl methyl sites for hydroxylation is 2. The fourth-order valence-electron chi connectivity index (χ4n) is 5.84. The quantitative estimate of drug-likeness (QED) is 0.340. The lowest BCUT2D eigenvalue weighted by molar-refractivity contribution is 0.171. The second kappa shape index (κ2) is 11.8. The summed E-state index contributed by atoms with van der Waals surface area (Å²) < 4.78 is 6.10. The zero-order chi connectivity index (χ0) is 25.8.